The number of aromatic hydroxyl groups is 1. The number of phenolic OH excluding ortho intramolecular Hbond substituents is 1. The van der Waals surface area contributed by atoms with Gasteiger partial charge in [-0.1, -0.05) is 43.5 Å². The molecule has 1 atom stereocenters. The summed E-state index contributed by atoms with van der Waals surface area (Å²) in [7, 11) is 3.48. The molecule has 2 fully saturated rings. The number of benzene rings is 2. The number of hydrogen-bond donors (Lipinski definition) is 1. The van der Waals surface area contributed by atoms with Crippen LogP contribution in [0.2, 0.25) is 0 Å². The van der Waals surface area contributed by atoms with Gasteiger partial charge in [-0.3, -0.25) is 4.90 Å². The molecule has 40 heavy (non-hydrogen) atoms. The monoisotopic (exact) mass is 543 g/mol. The minimum atomic E-state index is -0.502. The molecule has 3 heterocycles. The molecule has 210 valence electrons. The van der Waals surface area contributed by atoms with Gasteiger partial charge in [0.2, 0.25) is 5.88 Å². The number of likely N-dealkylation sites (N-methyl/N-ethyl adjacent to an activating group) is 1. The number of hydrogen-bond acceptors (Lipinski definition) is 8. The van der Waals surface area contributed by atoms with Gasteiger partial charge in [0.05, 0.1) is 19.8 Å². The van der Waals surface area contributed by atoms with E-state index in [4.69, 9.17) is 13.9 Å². The van der Waals surface area contributed by atoms with E-state index in [9.17, 15) is 9.90 Å². The van der Waals surface area contributed by atoms with Crippen LogP contribution in [0.4, 0.5) is 0 Å². The SMILES string of the molecule is COC(=O)c1coc2c1c(C(c1ccnc(OCC3CCCCC3)c1)N1CCN(C)CC1)c(O)c1ccccc12. The molecule has 1 saturated heterocycles. The van der Waals surface area contributed by atoms with Crippen LogP contribution in [0.25, 0.3) is 21.7 Å². The molecule has 0 amide bonds. The summed E-state index contributed by atoms with van der Waals surface area (Å²) in [6.07, 6.45) is 9.45. The third-order valence-corrected chi connectivity index (χ3v) is 8.59. The lowest BCUT2D eigenvalue weighted by Gasteiger charge is -2.39. The summed E-state index contributed by atoms with van der Waals surface area (Å²) in [6.45, 7) is 4.02. The van der Waals surface area contributed by atoms with E-state index in [0.29, 0.717) is 45.9 Å². The van der Waals surface area contributed by atoms with Crippen LogP contribution in [0.3, 0.4) is 0 Å². The van der Waals surface area contributed by atoms with E-state index >= 15 is 0 Å². The summed E-state index contributed by atoms with van der Waals surface area (Å²) in [5.74, 6) is 0.780. The fourth-order valence-corrected chi connectivity index (χ4v) is 6.37. The average Bonchev–Trinajstić information content (AvgIpc) is 3.44. The van der Waals surface area contributed by atoms with Crippen molar-refractivity contribution in [3.8, 4) is 11.6 Å². The number of fused-ring (bicyclic) bond motifs is 3. The predicted molar refractivity (Wildman–Crippen MR) is 154 cm³/mol. The van der Waals surface area contributed by atoms with Gasteiger partial charge < -0.3 is 23.9 Å². The second kappa shape index (κ2) is 11.5. The molecule has 2 aromatic heterocycles. The Bertz CT molecular complexity index is 1500. The van der Waals surface area contributed by atoms with Gasteiger partial charge in [0.1, 0.15) is 23.2 Å². The minimum Gasteiger partial charge on any atom is -0.507 e. The van der Waals surface area contributed by atoms with Crippen molar-refractivity contribution in [2.75, 3.05) is 46.9 Å². The molecule has 0 bridgehead atoms. The molecule has 1 aliphatic heterocycles. The highest BCUT2D eigenvalue weighted by Crippen LogP contribution is 2.47. The zero-order valence-corrected chi connectivity index (χ0v) is 23.3. The Hall–Kier alpha value is -3.62. The second-order valence-corrected chi connectivity index (χ2v) is 11.1. The summed E-state index contributed by atoms with van der Waals surface area (Å²) < 4.78 is 17.4. The first kappa shape index (κ1) is 26.6. The Morgan fingerprint density at radius 3 is 2.60 bits per heavy atom. The smallest absolute Gasteiger partial charge is 0.341 e. The number of phenols is 1. The first-order valence-corrected chi connectivity index (χ1v) is 14.3. The van der Waals surface area contributed by atoms with Gasteiger partial charge in [-0.2, -0.15) is 0 Å². The third-order valence-electron chi connectivity index (χ3n) is 8.59. The number of aromatic nitrogens is 1. The number of esters is 1. The number of ether oxygens (including phenoxy) is 2. The van der Waals surface area contributed by atoms with Gasteiger partial charge in [-0.15, -0.1) is 0 Å². The molecule has 1 saturated carbocycles. The summed E-state index contributed by atoms with van der Waals surface area (Å²) >= 11 is 0. The number of piperazine rings is 1. The summed E-state index contributed by atoms with van der Waals surface area (Å²) in [4.78, 5) is 22.1. The molecule has 0 radical (unpaired) electrons. The molecule has 1 unspecified atom stereocenters. The lowest BCUT2D eigenvalue weighted by atomic mass is 9.89. The molecular formula is C32H37N3O5. The van der Waals surface area contributed by atoms with Crippen molar-refractivity contribution in [3.63, 3.8) is 0 Å². The van der Waals surface area contributed by atoms with Crippen LogP contribution in [0.1, 0.15) is 59.6 Å². The maximum atomic E-state index is 12.9. The average molecular weight is 544 g/mol. The van der Waals surface area contributed by atoms with Crippen molar-refractivity contribution >= 4 is 27.7 Å². The fourth-order valence-electron chi connectivity index (χ4n) is 6.37. The van der Waals surface area contributed by atoms with E-state index in [1.165, 1.54) is 45.5 Å². The highest BCUT2D eigenvalue weighted by atomic mass is 16.5. The number of nitrogens with zero attached hydrogens (tertiary/aromatic N) is 3. The minimum absolute atomic E-state index is 0.139. The zero-order chi connectivity index (χ0) is 27.6. The van der Waals surface area contributed by atoms with Crippen molar-refractivity contribution in [2.24, 2.45) is 5.92 Å². The Morgan fingerprint density at radius 2 is 1.85 bits per heavy atom. The molecular weight excluding hydrogens is 506 g/mol. The van der Waals surface area contributed by atoms with Gasteiger partial charge in [-0.25, -0.2) is 9.78 Å². The predicted octanol–water partition coefficient (Wildman–Crippen LogP) is 5.77. The highest BCUT2D eigenvalue weighted by molar-refractivity contribution is 6.16. The highest BCUT2D eigenvalue weighted by Gasteiger charge is 2.34. The van der Waals surface area contributed by atoms with Crippen LogP contribution in [-0.4, -0.2) is 72.8 Å². The molecule has 1 N–H and O–H groups in total. The molecule has 1 aliphatic carbocycles. The van der Waals surface area contributed by atoms with Crippen molar-refractivity contribution in [3.05, 3.63) is 65.5 Å². The van der Waals surface area contributed by atoms with E-state index in [1.807, 2.05) is 36.4 Å². The number of furan rings is 1. The quantitative estimate of drug-likeness (QED) is 0.294. The maximum Gasteiger partial charge on any atom is 0.341 e. The maximum absolute atomic E-state index is 12.9. The number of carbonyl (C=O) groups excluding carboxylic acids is 1. The lowest BCUT2D eigenvalue weighted by Crippen LogP contribution is -2.46. The lowest BCUT2D eigenvalue weighted by molar-refractivity contribution is 0.0601. The standard InChI is InChI=1S/C32H37N3O5/c1-34-14-16-35(17-15-34)29(22-12-13-33-26(18-22)39-19-21-8-4-3-5-9-21)28-27-25(32(37)38-2)20-40-31(27)24-11-7-6-10-23(24)30(28)36/h6-7,10-13,18,20-21,29,36H,3-5,8-9,14-17,19H2,1-2H3. The van der Waals surface area contributed by atoms with Crippen LogP contribution < -0.4 is 4.74 Å². The van der Waals surface area contributed by atoms with Gasteiger partial charge in [0.15, 0.2) is 0 Å². The van der Waals surface area contributed by atoms with E-state index in [-0.39, 0.29) is 11.8 Å². The Morgan fingerprint density at radius 1 is 1.10 bits per heavy atom. The van der Waals surface area contributed by atoms with Gasteiger partial charge in [0.25, 0.3) is 0 Å². The Labute approximate surface area is 234 Å². The summed E-state index contributed by atoms with van der Waals surface area (Å²) in [5, 5.41) is 13.9. The molecule has 8 heteroatoms. The van der Waals surface area contributed by atoms with Crippen molar-refractivity contribution in [1.29, 1.82) is 0 Å². The number of carbonyl (C=O) groups is 1. The Balaban J connectivity index is 1.51. The van der Waals surface area contributed by atoms with E-state index in [1.54, 1.807) is 6.20 Å². The molecule has 4 aromatic rings. The van der Waals surface area contributed by atoms with Crippen LogP contribution >= 0.6 is 0 Å². The Kier molecular flexibility index (Phi) is 7.63. The third kappa shape index (κ3) is 5.02. The molecule has 0 spiro atoms. The largest absolute Gasteiger partial charge is 0.507 e. The topological polar surface area (TPSA) is 88.3 Å². The molecule has 8 nitrogen and oxygen atoms in total. The number of pyridine rings is 1. The van der Waals surface area contributed by atoms with Crippen LogP contribution in [0.5, 0.6) is 11.6 Å². The second-order valence-electron chi connectivity index (χ2n) is 11.1. The molecule has 2 aliphatic rings. The number of rotatable bonds is 7. The van der Waals surface area contributed by atoms with Crippen molar-refractivity contribution < 1.29 is 23.8 Å². The summed E-state index contributed by atoms with van der Waals surface area (Å²) in [6, 6.07) is 11.2. The molecule has 6 rings (SSSR count). The van der Waals surface area contributed by atoms with E-state index in [0.717, 1.165) is 37.1 Å². The first-order valence-electron chi connectivity index (χ1n) is 14.3. The summed E-state index contributed by atoms with van der Waals surface area (Å²) in [5.41, 5.74) is 2.44. The van der Waals surface area contributed by atoms with E-state index < -0.39 is 5.97 Å². The van der Waals surface area contributed by atoms with Gasteiger partial charge >= 0.3 is 5.97 Å². The van der Waals surface area contributed by atoms with Gasteiger partial charge in [0, 0.05) is 60.2 Å². The van der Waals surface area contributed by atoms with Crippen LogP contribution in [-0.2, 0) is 4.74 Å². The van der Waals surface area contributed by atoms with E-state index in [2.05, 4.69) is 21.8 Å². The first-order chi connectivity index (χ1) is 19.5. The van der Waals surface area contributed by atoms with Crippen molar-refractivity contribution in [1.82, 2.24) is 14.8 Å². The van der Waals surface area contributed by atoms with Crippen LogP contribution in [0, 0.1) is 5.92 Å². The number of methoxy groups -OCH3 is 1. The normalized spacial score (nSPS) is 18.2. The van der Waals surface area contributed by atoms with Crippen LogP contribution in [0.15, 0.2) is 53.3 Å². The van der Waals surface area contributed by atoms with Gasteiger partial charge in [-0.05, 0) is 37.4 Å². The molecule has 2 aromatic carbocycles. The van der Waals surface area contributed by atoms with Crippen molar-refractivity contribution in [2.45, 2.75) is 38.1 Å². The zero-order valence-electron chi connectivity index (χ0n) is 23.3. The fraction of sp³-hybridized carbons (Fsp3) is 0.438.